The highest BCUT2D eigenvalue weighted by Crippen LogP contribution is 2.19. The van der Waals surface area contributed by atoms with Crippen LogP contribution >= 0.6 is 11.3 Å². The zero-order valence-electron chi connectivity index (χ0n) is 15.2. The second-order valence-electron chi connectivity index (χ2n) is 6.56. The van der Waals surface area contributed by atoms with Crippen LogP contribution in [0, 0.1) is 0 Å². The number of carboxylic acid groups (broad SMARTS) is 1. The van der Waals surface area contributed by atoms with Gasteiger partial charge in [0.15, 0.2) is 0 Å². The fraction of sp³-hybridized carbons (Fsp3) is 0.182. The maximum Gasteiger partial charge on any atom is 0.326 e. The number of amides is 1. The summed E-state index contributed by atoms with van der Waals surface area (Å²) in [5.74, 6) is -1.53. The van der Waals surface area contributed by atoms with Crippen LogP contribution in [-0.4, -0.2) is 29.1 Å². The molecule has 0 saturated carbocycles. The molecule has 1 amide bonds. The van der Waals surface area contributed by atoms with Crippen molar-refractivity contribution in [3.05, 3.63) is 82.6 Å². The van der Waals surface area contributed by atoms with E-state index in [1.54, 1.807) is 0 Å². The van der Waals surface area contributed by atoms with Crippen molar-refractivity contribution in [1.82, 2.24) is 5.32 Å². The van der Waals surface area contributed by atoms with Crippen molar-refractivity contribution in [2.75, 3.05) is 0 Å². The summed E-state index contributed by atoms with van der Waals surface area (Å²) >= 11 is 1.46. The molecule has 2 atom stereocenters. The van der Waals surface area contributed by atoms with Crippen LogP contribution in [0.4, 0.5) is 0 Å². The number of aliphatic carboxylic acids is 1. The van der Waals surface area contributed by atoms with Crippen molar-refractivity contribution in [2.45, 2.75) is 24.9 Å². The normalized spacial score (nSPS) is 12.9. The van der Waals surface area contributed by atoms with Crippen LogP contribution in [-0.2, 0) is 22.4 Å². The summed E-state index contributed by atoms with van der Waals surface area (Å²) in [5, 5.41) is 13.8. The summed E-state index contributed by atoms with van der Waals surface area (Å²) in [6.07, 6.45) is 0.587. The van der Waals surface area contributed by atoms with E-state index < -0.39 is 24.0 Å². The van der Waals surface area contributed by atoms with Gasteiger partial charge in [-0.1, -0.05) is 60.7 Å². The molecule has 0 unspecified atom stereocenters. The third-order valence-electron chi connectivity index (χ3n) is 4.45. The van der Waals surface area contributed by atoms with Gasteiger partial charge in [-0.3, -0.25) is 4.79 Å². The van der Waals surface area contributed by atoms with Gasteiger partial charge in [0, 0.05) is 11.3 Å². The molecule has 1 aromatic heterocycles. The fourth-order valence-electron chi connectivity index (χ4n) is 2.92. The highest BCUT2D eigenvalue weighted by Gasteiger charge is 2.24. The Bertz CT molecular complexity index is 909. The number of thiophene rings is 1. The molecular weight excluding hydrogens is 372 g/mol. The molecule has 0 aliphatic rings. The molecule has 4 N–H and O–H groups in total. The van der Waals surface area contributed by atoms with Crippen molar-refractivity contribution in [2.24, 2.45) is 5.73 Å². The van der Waals surface area contributed by atoms with Gasteiger partial charge in [0.2, 0.25) is 5.91 Å². The summed E-state index contributed by atoms with van der Waals surface area (Å²) in [7, 11) is 0. The average Bonchev–Trinajstić information content (AvgIpc) is 3.21. The summed E-state index contributed by atoms with van der Waals surface area (Å²) in [6.45, 7) is 0. The van der Waals surface area contributed by atoms with Gasteiger partial charge in [-0.25, -0.2) is 4.79 Å². The quantitative estimate of drug-likeness (QED) is 0.547. The van der Waals surface area contributed by atoms with Gasteiger partial charge in [-0.2, -0.15) is 0 Å². The van der Waals surface area contributed by atoms with Crippen LogP contribution < -0.4 is 11.1 Å². The van der Waals surface area contributed by atoms with E-state index in [9.17, 15) is 14.7 Å². The van der Waals surface area contributed by atoms with Gasteiger partial charge in [0.1, 0.15) is 6.04 Å². The van der Waals surface area contributed by atoms with Gasteiger partial charge in [-0.05, 0) is 34.6 Å². The van der Waals surface area contributed by atoms with E-state index in [2.05, 4.69) is 5.32 Å². The third kappa shape index (κ3) is 5.28. The standard InChI is InChI=1S/C22H22N2O3S/c23-19(21(25)24-20(22(26)27)14-18-7-4-12-28-18)13-15-8-10-17(11-9-15)16-5-2-1-3-6-16/h1-12,19-20H,13-14,23H2,(H,24,25)(H,26,27)/t19-,20-/m0/s1. The van der Waals surface area contributed by atoms with Crippen LogP contribution in [0.2, 0.25) is 0 Å². The topological polar surface area (TPSA) is 92.4 Å². The first-order chi connectivity index (χ1) is 13.5. The molecule has 2 aromatic carbocycles. The number of carboxylic acids is 1. The molecule has 0 radical (unpaired) electrons. The lowest BCUT2D eigenvalue weighted by molar-refractivity contribution is -0.141. The van der Waals surface area contributed by atoms with Gasteiger partial charge in [0.05, 0.1) is 6.04 Å². The Hall–Kier alpha value is -2.96. The van der Waals surface area contributed by atoms with Crippen LogP contribution in [0.1, 0.15) is 10.4 Å². The highest BCUT2D eigenvalue weighted by atomic mass is 32.1. The molecule has 144 valence electrons. The molecule has 3 aromatic rings. The predicted octanol–water partition coefficient (Wildman–Crippen LogP) is 3.10. The summed E-state index contributed by atoms with van der Waals surface area (Å²) in [5.41, 5.74) is 9.15. The van der Waals surface area contributed by atoms with E-state index in [1.807, 2.05) is 72.1 Å². The Morgan fingerprint density at radius 2 is 1.61 bits per heavy atom. The first-order valence-electron chi connectivity index (χ1n) is 8.98. The zero-order chi connectivity index (χ0) is 19.9. The molecule has 6 heteroatoms. The first kappa shape index (κ1) is 19.8. The van der Waals surface area contributed by atoms with E-state index in [-0.39, 0.29) is 6.42 Å². The number of hydrogen-bond acceptors (Lipinski definition) is 4. The number of rotatable bonds is 8. The highest BCUT2D eigenvalue weighted by molar-refractivity contribution is 7.09. The second-order valence-corrected chi connectivity index (χ2v) is 7.59. The van der Waals surface area contributed by atoms with Crippen molar-refractivity contribution in [3.63, 3.8) is 0 Å². The number of nitrogens with one attached hydrogen (secondary N) is 1. The molecule has 28 heavy (non-hydrogen) atoms. The molecule has 0 saturated heterocycles. The Morgan fingerprint density at radius 3 is 2.21 bits per heavy atom. The molecule has 0 aliphatic carbocycles. The monoisotopic (exact) mass is 394 g/mol. The lowest BCUT2D eigenvalue weighted by Gasteiger charge is -2.17. The van der Waals surface area contributed by atoms with E-state index in [1.165, 1.54) is 11.3 Å². The molecule has 0 spiro atoms. The van der Waals surface area contributed by atoms with Gasteiger partial charge in [-0.15, -0.1) is 11.3 Å². The Kier molecular flexibility index (Phi) is 6.57. The summed E-state index contributed by atoms with van der Waals surface area (Å²) in [6, 6.07) is 19.8. The second kappa shape index (κ2) is 9.30. The average molecular weight is 394 g/mol. The maximum atomic E-state index is 12.4. The minimum atomic E-state index is -1.07. The van der Waals surface area contributed by atoms with Gasteiger partial charge < -0.3 is 16.2 Å². The van der Waals surface area contributed by atoms with E-state index in [0.717, 1.165) is 21.6 Å². The van der Waals surface area contributed by atoms with Crippen LogP contribution in [0.15, 0.2) is 72.1 Å². The Balaban J connectivity index is 1.59. The number of hydrogen-bond donors (Lipinski definition) is 3. The van der Waals surface area contributed by atoms with Gasteiger partial charge in [0.25, 0.3) is 0 Å². The molecular formula is C22H22N2O3S. The minimum Gasteiger partial charge on any atom is -0.480 e. The molecule has 0 aliphatic heterocycles. The first-order valence-corrected chi connectivity index (χ1v) is 9.86. The largest absolute Gasteiger partial charge is 0.480 e. The lowest BCUT2D eigenvalue weighted by atomic mass is 10.0. The number of nitrogens with two attached hydrogens (primary N) is 1. The molecule has 5 nitrogen and oxygen atoms in total. The SMILES string of the molecule is N[C@@H](Cc1ccc(-c2ccccc2)cc1)C(=O)N[C@@H](Cc1cccs1)C(=O)O. The van der Waals surface area contributed by atoms with Gasteiger partial charge >= 0.3 is 5.97 Å². The summed E-state index contributed by atoms with van der Waals surface area (Å²) in [4.78, 5) is 24.7. The fourth-order valence-corrected chi connectivity index (χ4v) is 3.67. The third-order valence-corrected chi connectivity index (χ3v) is 5.35. The Labute approximate surface area is 167 Å². The van der Waals surface area contributed by atoms with Crippen molar-refractivity contribution in [3.8, 4) is 11.1 Å². The van der Waals surface area contributed by atoms with E-state index in [0.29, 0.717) is 6.42 Å². The maximum absolute atomic E-state index is 12.4. The molecule has 3 rings (SSSR count). The van der Waals surface area contributed by atoms with Crippen LogP contribution in [0.5, 0.6) is 0 Å². The van der Waals surface area contributed by atoms with Crippen molar-refractivity contribution >= 4 is 23.2 Å². The van der Waals surface area contributed by atoms with E-state index >= 15 is 0 Å². The van der Waals surface area contributed by atoms with E-state index in [4.69, 9.17) is 5.73 Å². The van der Waals surface area contributed by atoms with Crippen LogP contribution in [0.3, 0.4) is 0 Å². The van der Waals surface area contributed by atoms with Crippen molar-refractivity contribution < 1.29 is 14.7 Å². The molecule has 0 bridgehead atoms. The Morgan fingerprint density at radius 1 is 0.929 bits per heavy atom. The number of carbonyl (C=O) groups is 2. The molecule has 1 heterocycles. The smallest absolute Gasteiger partial charge is 0.326 e. The van der Waals surface area contributed by atoms with Crippen LogP contribution in [0.25, 0.3) is 11.1 Å². The predicted molar refractivity (Wildman–Crippen MR) is 111 cm³/mol. The lowest BCUT2D eigenvalue weighted by Crippen LogP contribution is -2.50. The number of carbonyl (C=O) groups excluding carboxylic acids is 1. The zero-order valence-corrected chi connectivity index (χ0v) is 16.1. The summed E-state index contributed by atoms with van der Waals surface area (Å²) < 4.78 is 0. The number of benzene rings is 2. The minimum absolute atomic E-state index is 0.247. The van der Waals surface area contributed by atoms with Crippen molar-refractivity contribution in [1.29, 1.82) is 0 Å². The molecule has 0 fully saturated rings.